The van der Waals surface area contributed by atoms with Crippen LogP contribution < -0.4 is 4.74 Å². The number of benzene rings is 6. The molecule has 1 aliphatic rings. The number of phenols is 4. The van der Waals surface area contributed by atoms with Crippen molar-refractivity contribution in [2.24, 2.45) is 0 Å². The SMILES string of the molecule is Oc1cc(O)c2c(c1)OC(Cc1ccccc1)(c1ccc(O)c(O)c1)[C@@](O)(Cc1ccccc1)C2(Cc1ccccc1)Cc1ccccc1. The minimum atomic E-state index is -1.87. The Labute approximate surface area is 285 Å². The molecule has 0 fully saturated rings. The number of aliphatic hydroxyl groups is 1. The van der Waals surface area contributed by atoms with Crippen LogP contribution in [0.1, 0.15) is 33.4 Å². The molecule has 246 valence electrons. The number of hydrogen-bond acceptors (Lipinski definition) is 6. The Bertz CT molecular complexity index is 2010. The molecule has 0 bridgehead atoms. The summed E-state index contributed by atoms with van der Waals surface area (Å²) >= 11 is 0. The Morgan fingerprint density at radius 1 is 0.449 bits per heavy atom. The van der Waals surface area contributed by atoms with E-state index in [2.05, 4.69) is 0 Å². The highest BCUT2D eigenvalue weighted by molar-refractivity contribution is 5.61. The fourth-order valence-corrected chi connectivity index (χ4v) is 7.88. The summed E-state index contributed by atoms with van der Waals surface area (Å²) < 4.78 is 7.12. The Balaban J connectivity index is 1.65. The molecule has 1 aliphatic heterocycles. The van der Waals surface area contributed by atoms with Gasteiger partial charge in [0.05, 0.1) is 0 Å². The van der Waals surface area contributed by atoms with Gasteiger partial charge in [-0.15, -0.1) is 0 Å². The lowest BCUT2D eigenvalue weighted by Crippen LogP contribution is -2.72. The predicted molar refractivity (Wildman–Crippen MR) is 189 cm³/mol. The molecule has 0 radical (unpaired) electrons. The fraction of sp³-hybridized carbons (Fsp3) is 0.163. The fourth-order valence-electron chi connectivity index (χ4n) is 7.88. The second kappa shape index (κ2) is 12.7. The quantitative estimate of drug-likeness (QED) is 0.102. The van der Waals surface area contributed by atoms with Crippen LogP contribution in [0, 0.1) is 0 Å². The third-order valence-corrected chi connectivity index (χ3v) is 10.0. The summed E-state index contributed by atoms with van der Waals surface area (Å²) in [6, 6.07) is 46.4. The molecule has 1 unspecified atom stereocenters. The summed E-state index contributed by atoms with van der Waals surface area (Å²) in [5, 5.41) is 58.6. The topological polar surface area (TPSA) is 110 Å². The summed E-state index contributed by atoms with van der Waals surface area (Å²) in [4.78, 5) is 0. The largest absolute Gasteiger partial charge is 0.508 e. The van der Waals surface area contributed by atoms with Crippen molar-refractivity contribution in [1.29, 1.82) is 0 Å². The van der Waals surface area contributed by atoms with Gasteiger partial charge < -0.3 is 30.3 Å². The van der Waals surface area contributed by atoms with E-state index in [-0.39, 0.29) is 54.4 Å². The van der Waals surface area contributed by atoms with Crippen LogP contribution in [0.3, 0.4) is 0 Å². The molecule has 6 aromatic rings. The van der Waals surface area contributed by atoms with Crippen molar-refractivity contribution in [3.63, 3.8) is 0 Å². The number of aromatic hydroxyl groups is 4. The minimum absolute atomic E-state index is 0.0851. The van der Waals surface area contributed by atoms with Crippen molar-refractivity contribution in [3.05, 3.63) is 185 Å². The van der Waals surface area contributed by atoms with E-state index < -0.39 is 16.6 Å². The molecule has 6 nitrogen and oxygen atoms in total. The number of rotatable bonds is 9. The summed E-state index contributed by atoms with van der Waals surface area (Å²) in [7, 11) is 0. The van der Waals surface area contributed by atoms with Crippen molar-refractivity contribution in [2.75, 3.05) is 0 Å². The van der Waals surface area contributed by atoms with Gasteiger partial charge in [-0.3, -0.25) is 0 Å². The Morgan fingerprint density at radius 3 is 1.41 bits per heavy atom. The van der Waals surface area contributed by atoms with Gasteiger partial charge in [-0.25, -0.2) is 0 Å². The zero-order valence-corrected chi connectivity index (χ0v) is 26.9. The van der Waals surface area contributed by atoms with E-state index in [0.717, 1.165) is 22.3 Å². The molecule has 0 aliphatic carbocycles. The molecule has 1 heterocycles. The number of hydrogen-bond donors (Lipinski definition) is 5. The maximum atomic E-state index is 14.3. The normalized spacial score (nSPS) is 19.4. The Kier molecular flexibility index (Phi) is 8.27. The van der Waals surface area contributed by atoms with Gasteiger partial charge >= 0.3 is 0 Å². The van der Waals surface area contributed by atoms with E-state index in [9.17, 15) is 25.5 Å². The molecule has 2 atom stereocenters. The molecule has 49 heavy (non-hydrogen) atoms. The lowest BCUT2D eigenvalue weighted by molar-refractivity contribution is -0.201. The highest BCUT2D eigenvalue weighted by Crippen LogP contribution is 2.63. The first-order valence-corrected chi connectivity index (χ1v) is 16.4. The van der Waals surface area contributed by atoms with Gasteiger partial charge in [0.2, 0.25) is 0 Å². The third kappa shape index (κ3) is 5.64. The number of fused-ring (bicyclic) bond motifs is 1. The maximum absolute atomic E-state index is 14.3. The van der Waals surface area contributed by atoms with Crippen LogP contribution in [0.25, 0.3) is 0 Å². The second-order valence-electron chi connectivity index (χ2n) is 13.1. The van der Waals surface area contributed by atoms with Crippen molar-refractivity contribution in [2.45, 2.75) is 42.3 Å². The smallest absolute Gasteiger partial charge is 0.168 e. The van der Waals surface area contributed by atoms with Crippen LogP contribution in [0.4, 0.5) is 0 Å². The molecule has 0 amide bonds. The zero-order chi connectivity index (χ0) is 34.1. The maximum Gasteiger partial charge on any atom is 0.168 e. The van der Waals surface area contributed by atoms with E-state index >= 15 is 0 Å². The molecule has 7 rings (SSSR count). The van der Waals surface area contributed by atoms with Crippen molar-refractivity contribution in [1.82, 2.24) is 0 Å². The third-order valence-electron chi connectivity index (χ3n) is 10.0. The molecule has 5 N–H and O–H groups in total. The van der Waals surface area contributed by atoms with Crippen LogP contribution >= 0.6 is 0 Å². The van der Waals surface area contributed by atoms with Gasteiger partial charge in [0.1, 0.15) is 22.8 Å². The van der Waals surface area contributed by atoms with Crippen LogP contribution in [0.2, 0.25) is 0 Å². The number of phenolic OH excluding ortho intramolecular Hbond substituents is 4. The van der Waals surface area contributed by atoms with Crippen LogP contribution in [0.15, 0.2) is 152 Å². The first-order chi connectivity index (χ1) is 23.7. The van der Waals surface area contributed by atoms with Gasteiger partial charge in [-0.05, 0) is 47.2 Å². The number of ether oxygens (including phenoxy) is 1. The highest BCUT2D eigenvalue weighted by atomic mass is 16.5. The van der Waals surface area contributed by atoms with Gasteiger partial charge in [0.25, 0.3) is 0 Å². The van der Waals surface area contributed by atoms with Crippen molar-refractivity contribution >= 4 is 0 Å². The van der Waals surface area contributed by atoms with Crippen LogP contribution in [-0.4, -0.2) is 31.1 Å². The first kappa shape index (κ1) is 31.9. The highest BCUT2D eigenvalue weighted by Gasteiger charge is 2.69. The molecular weight excluding hydrogens is 612 g/mol. The molecule has 0 saturated carbocycles. The molecule has 0 saturated heterocycles. The standard InChI is InChI=1S/C43H38O6/c44-35-24-38(47)40-39(25-35)49-42(28-32-17-9-3-10-18-32,34-21-22-36(45)37(46)23-34)43(48,29-33-19-11-4-12-20-33)41(40,26-30-13-5-1-6-14-30)27-31-15-7-2-8-16-31/h1-25,44-48H,26-29H2/t42?,43-/m1/s1. The predicted octanol–water partition coefficient (Wildman–Crippen LogP) is 7.74. The van der Waals surface area contributed by atoms with E-state index in [0.29, 0.717) is 11.1 Å². The van der Waals surface area contributed by atoms with Crippen LogP contribution in [-0.2, 0) is 36.7 Å². The lowest BCUT2D eigenvalue weighted by atomic mass is 9.50. The molecule has 6 aromatic carbocycles. The zero-order valence-electron chi connectivity index (χ0n) is 26.9. The summed E-state index contributed by atoms with van der Waals surface area (Å²) in [5.74, 6) is -0.852. The second-order valence-corrected chi connectivity index (χ2v) is 13.1. The van der Waals surface area contributed by atoms with Gasteiger partial charge in [-0.2, -0.15) is 0 Å². The van der Waals surface area contributed by atoms with E-state index in [1.165, 1.54) is 24.3 Å². The van der Waals surface area contributed by atoms with Gasteiger partial charge in [0.15, 0.2) is 17.1 Å². The van der Waals surface area contributed by atoms with Gasteiger partial charge in [-0.1, -0.05) is 127 Å². The van der Waals surface area contributed by atoms with E-state index in [1.807, 2.05) is 121 Å². The molecule has 0 spiro atoms. The van der Waals surface area contributed by atoms with E-state index in [4.69, 9.17) is 4.74 Å². The first-order valence-electron chi connectivity index (χ1n) is 16.4. The molecule has 6 heteroatoms. The van der Waals surface area contributed by atoms with Crippen LogP contribution in [0.5, 0.6) is 28.7 Å². The minimum Gasteiger partial charge on any atom is -0.508 e. The lowest BCUT2D eigenvalue weighted by Gasteiger charge is -2.61. The summed E-state index contributed by atoms with van der Waals surface area (Å²) in [6.45, 7) is 0. The van der Waals surface area contributed by atoms with Crippen molar-refractivity contribution < 1.29 is 30.3 Å². The Hall–Kier alpha value is -5.72. The molecular formula is C43H38O6. The van der Waals surface area contributed by atoms with Crippen molar-refractivity contribution in [3.8, 4) is 28.7 Å². The monoisotopic (exact) mass is 650 g/mol. The van der Waals surface area contributed by atoms with Gasteiger partial charge in [0, 0.05) is 41.5 Å². The Morgan fingerprint density at radius 2 is 0.918 bits per heavy atom. The summed E-state index contributed by atoms with van der Waals surface area (Å²) in [6.07, 6.45) is 0.785. The average Bonchev–Trinajstić information content (AvgIpc) is 3.10. The van der Waals surface area contributed by atoms with E-state index in [1.54, 1.807) is 6.07 Å². The average molecular weight is 651 g/mol. The summed E-state index contributed by atoms with van der Waals surface area (Å²) in [5.41, 5.74) is -0.491. The molecule has 0 aromatic heterocycles.